The van der Waals surface area contributed by atoms with Crippen molar-refractivity contribution in [3.8, 4) is 11.3 Å². The number of benzene rings is 2. The maximum absolute atomic E-state index is 12.7. The summed E-state index contributed by atoms with van der Waals surface area (Å²) in [5.41, 5.74) is 2.06. The van der Waals surface area contributed by atoms with Crippen LogP contribution in [0.5, 0.6) is 0 Å². The Hall–Kier alpha value is -2.23. The van der Waals surface area contributed by atoms with E-state index in [0.29, 0.717) is 5.39 Å². The number of fused-ring (bicyclic) bond motifs is 1. The molecule has 3 aromatic rings. The van der Waals surface area contributed by atoms with Gasteiger partial charge in [-0.15, -0.1) is 0 Å². The van der Waals surface area contributed by atoms with Crippen LogP contribution in [-0.4, -0.2) is 4.57 Å². The Morgan fingerprint density at radius 3 is 2.25 bits per heavy atom. The molecular formula is C16H12F3N. The SMILES string of the molecule is Cn1c(-c2ccccc2)cc2cc(C(F)(F)F)ccc21. The molecule has 0 atom stereocenters. The largest absolute Gasteiger partial charge is 0.416 e. The molecule has 3 rings (SSSR count). The van der Waals surface area contributed by atoms with E-state index in [2.05, 4.69) is 0 Å². The van der Waals surface area contributed by atoms with Crippen LogP contribution in [0.25, 0.3) is 22.2 Å². The molecule has 0 saturated carbocycles. The van der Waals surface area contributed by atoms with Crippen LogP contribution in [-0.2, 0) is 13.2 Å². The van der Waals surface area contributed by atoms with Gasteiger partial charge in [-0.05, 0) is 29.8 Å². The topological polar surface area (TPSA) is 4.93 Å². The second-order valence-electron chi connectivity index (χ2n) is 4.73. The molecule has 4 heteroatoms. The molecule has 0 saturated heterocycles. The average Bonchev–Trinajstić information content (AvgIpc) is 2.76. The molecule has 2 aromatic carbocycles. The Bertz CT molecular complexity index is 754. The lowest BCUT2D eigenvalue weighted by atomic mass is 10.1. The molecular weight excluding hydrogens is 263 g/mol. The Balaban J connectivity index is 2.20. The van der Waals surface area contributed by atoms with Crippen molar-refractivity contribution < 1.29 is 13.2 Å². The fraction of sp³-hybridized carbons (Fsp3) is 0.125. The van der Waals surface area contributed by atoms with Gasteiger partial charge < -0.3 is 4.57 Å². The van der Waals surface area contributed by atoms with Crippen LogP contribution in [0.3, 0.4) is 0 Å². The lowest BCUT2D eigenvalue weighted by molar-refractivity contribution is -0.137. The summed E-state index contributed by atoms with van der Waals surface area (Å²) < 4.78 is 40.1. The number of rotatable bonds is 1. The summed E-state index contributed by atoms with van der Waals surface area (Å²) in [6.07, 6.45) is -4.31. The number of aromatic nitrogens is 1. The highest BCUT2D eigenvalue weighted by Crippen LogP contribution is 2.34. The molecule has 20 heavy (non-hydrogen) atoms. The number of hydrogen-bond donors (Lipinski definition) is 0. The van der Waals surface area contributed by atoms with E-state index in [0.717, 1.165) is 22.8 Å². The van der Waals surface area contributed by atoms with Gasteiger partial charge in [0.05, 0.1) is 5.56 Å². The standard InChI is InChI=1S/C16H12F3N/c1-20-14-8-7-13(16(17,18)19)9-12(14)10-15(20)11-5-3-2-4-6-11/h2-10H,1H3. The van der Waals surface area contributed by atoms with Gasteiger partial charge in [0.25, 0.3) is 0 Å². The first kappa shape index (κ1) is 12.8. The number of hydrogen-bond acceptors (Lipinski definition) is 0. The highest BCUT2D eigenvalue weighted by Gasteiger charge is 2.30. The Kier molecular flexibility index (Phi) is 2.82. The third kappa shape index (κ3) is 2.07. The van der Waals surface area contributed by atoms with Crippen molar-refractivity contribution in [2.75, 3.05) is 0 Å². The van der Waals surface area contributed by atoms with E-state index in [9.17, 15) is 13.2 Å². The van der Waals surface area contributed by atoms with E-state index >= 15 is 0 Å². The third-order valence-corrected chi connectivity index (χ3v) is 3.44. The molecule has 0 bridgehead atoms. The predicted octanol–water partition coefficient (Wildman–Crippen LogP) is 4.86. The van der Waals surface area contributed by atoms with Gasteiger partial charge in [0.1, 0.15) is 0 Å². The number of aryl methyl sites for hydroxylation is 1. The van der Waals surface area contributed by atoms with Crippen molar-refractivity contribution in [3.05, 3.63) is 60.2 Å². The van der Waals surface area contributed by atoms with Crippen molar-refractivity contribution in [2.45, 2.75) is 6.18 Å². The van der Waals surface area contributed by atoms with E-state index in [4.69, 9.17) is 0 Å². The quantitative estimate of drug-likeness (QED) is 0.597. The van der Waals surface area contributed by atoms with Crippen molar-refractivity contribution in [1.29, 1.82) is 0 Å². The second kappa shape index (κ2) is 4.40. The highest BCUT2D eigenvalue weighted by atomic mass is 19.4. The minimum atomic E-state index is -4.31. The predicted molar refractivity (Wildman–Crippen MR) is 73.4 cm³/mol. The molecule has 0 aliphatic carbocycles. The van der Waals surface area contributed by atoms with Crippen LogP contribution in [0.2, 0.25) is 0 Å². The molecule has 1 heterocycles. The summed E-state index contributed by atoms with van der Waals surface area (Å²) in [5.74, 6) is 0. The molecule has 0 spiro atoms. The zero-order valence-corrected chi connectivity index (χ0v) is 10.8. The molecule has 102 valence electrons. The zero-order chi connectivity index (χ0) is 14.3. The van der Waals surface area contributed by atoms with Crippen LogP contribution in [0.15, 0.2) is 54.6 Å². The molecule has 0 aliphatic rings. The molecule has 0 unspecified atom stereocenters. The van der Waals surface area contributed by atoms with Crippen molar-refractivity contribution in [2.24, 2.45) is 7.05 Å². The summed E-state index contributed by atoms with van der Waals surface area (Å²) >= 11 is 0. The smallest absolute Gasteiger partial charge is 0.344 e. The van der Waals surface area contributed by atoms with Crippen LogP contribution < -0.4 is 0 Å². The zero-order valence-electron chi connectivity index (χ0n) is 10.8. The van der Waals surface area contributed by atoms with E-state index in [1.54, 1.807) is 6.07 Å². The van der Waals surface area contributed by atoms with Gasteiger partial charge >= 0.3 is 6.18 Å². The van der Waals surface area contributed by atoms with Crippen molar-refractivity contribution >= 4 is 10.9 Å². The fourth-order valence-corrected chi connectivity index (χ4v) is 2.41. The molecule has 0 N–H and O–H groups in total. The molecule has 0 aliphatic heterocycles. The lowest BCUT2D eigenvalue weighted by Crippen LogP contribution is -2.04. The van der Waals surface area contributed by atoms with Crippen LogP contribution in [0, 0.1) is 0 Å². The van der Waals surface area contributed by atoms with Gasteiger partial charge in [-0.1, -0.05) is 30.3 Å². The maximum atomic E-state index is 12.7. The van der Waals surface area contributed by atoms with Crippen LogP contribution >= 0.6 is 0 Å². The first-order valence-corrected chi connectivity index (χ1v) is 6.19. The Morgan fingerprint density at radius 2 is 1.60 bits per heavy atom. The Labute approximate surface area is 114 Å². The van der Waals surface area contributed by atoms with E-state index < -0.39 is 11.7 Å². The first-order valence-electron chi connectivity index (χ1n) is 6.19. The Morgan fingerprint density at radius 1 is 0.900 bits per heavy atom. The average molecular weight is 275 g/mol. The van der Waals surface area contributed by atoms with E-state index in [1.165, 1.54) is 12.1 Å². The van der Waals surface area contributed by atoms with E-state index in [1.807, 2.05) is 41.9 Å². The summed E-state index contributed by atoms with van der Waals surface area (Å²) in [6, 6.07) is 15.2. The van der Waals surface area contributed by atoms with E-state index in [-0.39, 0.29) is 0 Å². The molecule has 0 fully saturated rings. The lowest BCUT2D eigenvalue weighted by Gasteiger charge is -2.07. The highest BCUT2D eigenvalue weighted by molar-refractivity contribution is 5.87. The number of alkyl halides is 3. The minimum absolute atomic E-state index is 0.598. The fourth-order valence-electron chi connectivity index (χ4n) is 2.41. The van der Waals surface area contributed by atoms with Gasteiger partial charge in [-0.2, -0.15) is 13.2 Å². The van der Waals surface area contributed by atoms with Gasteiger partial charge in [0, 0.05) is 23.6 Å². The number of halogens is 3. The van der Waals surface area contributed by atoms with Crippen molar-refractivity contribution in [1.82, 2.24) is 4.57 Å². The maximum Gasteiger partial charge on any atom is 0.416 e. The van der Waals surface area contributed by atoms with Crippen LogP contribution in [0.4, 0.5) is 13.2 Å². The van der Waals surface area contributed by atoms with Gasteiger partial charge in [0.15, 0.2) is 0 Å². The summed E-state index contributed by atoms with van der Waals surface area (Å²) in [6.45, 7) is 0. The third-order valence-electron chi connectivity index (χ3n) is 3.44. The van der Waals surface area contributed by atoms with Gasteiger partial charge in [-0.25, -0.2) is 0 Å². The van der Waals surface area contributed by atoms with Gasteiger partial charge in [-0.3, -0.25) is 0 Å². The normalized spacial score (nSPS) is 12.0. The number of nitrogens with zero attached hydrogens (tertiary/aromatic N) is 1. The molecule has 0 radical (unpaired) electrons. The molecule has 0 amide bonds. The second-order valence-corrected chi connectivity index (χ2v) is 4.73. The summed E-state index contributed by atoms with van der Waals surface area (Å²) in [5, 5.41) is 0.598. The van der Waals surface area contributed by atoms with Gasteiger partial charge in [0.2, 0.25) is 0 Å². The summed E-state index contributed by atoms with van der Waals surface area (Å²) in [4.78, 5) is 0. The van der Waals surface area contributed by atoms with Crippen molar-refractivity contribution in [3.63, 3.8) is 0 Å². The summed E-state index contributed by atoms with van der Waals surface area (Å²) in [7, 11) is 1.86. The first-order chi connectivity index (χ1) is 9.47. The minimum Gasteiger partial charge on any atom is -0.344 e. The molecule has 1 nitrogen and oxygen atoms in total. The van der Waals surface area contributed by atoms with Crippen LogP contribution in [0.1, 0.15) is 5.56 Å². The monoisotopic (exact) mass is 275 g/mol. The molecule has 1 aromatic heterocycles.